The van der Waals surface area contributed by atoms with Crippen LogP contribution in [0.5, 0.6) is 0 Å². The number of benzene rings is 1. The number of urea groups is 1. The number of anilines is 1. The molecule has 2 N–H and O–H groups in total. The Hall–Kier alpha value is -3.09. The van der Waals surface area contributed by atoms with Crippen LogP contribution in [-0.4, -0.2) is 39.7 Å². The van der Waals surface area contributed by atoms with Gasteiger partial charge in [0.25, 0.3) is 5.56 Å². The second-order valence-electron chi connectivity index (χ2n) is 6.04. The fraction of sp³-hybridized carbons (Fsp3) is 0.278. The predicted octanol–water partition coefficient (Wildman–Crippen LogP) is 1.83. The highest BCUT2D eigenvalue weighted by Gasteiger charge is 2.31. The number of carboxylic acids is 1. The van der Waals surface area contributed by atoms with E-state index in [0.29, 0.717) is 19.5 Å². The maximum Gasteiger partial charge on any atom is 0.322 e. The first-order chi connectivity index (χ1) is 12.0. The number of likely N-dealkylation sites (tertiary alicyclic amines) is 1. The Balaban J connectivity index is 1.71. The van der Waals surface area contributed by atoms with Crippen LogP contribution in [0.15, 0.2) is 53.5 Å². The summed E-state index contributed by atoms with van der Waals surface area (Å²) in [6.07, 6.45) is 2.09. The van der Waals surface area contributed by atoms with Gasteiger partial charge in [-0.25, -0.2) is 4.79 Å². The average Bonchev–Trinajstić information content (AvgIpc) is 3.10. The molecule has 2 aromatic rings. The van der Waals surface area contributed by atoms with Gasteiger partial charge in [0.2, 0.25) is 0 Å². The van der Waals surface area contributed by atoms with Crippen LogP contribution in [0.25, 0.3) is 0 Å². The molecule has 1 atom stereocenters. The van der Waals surface area contributed by atoms with E-state index in [1.165, 1.54) is 9.47 Å². The van der Waals surface area contributed by atoms with Crippen molar-refractivity contribution in [2.24, 2.45) is 5.92 Å². The quantitative estimate of drug-likeness (QED) is 0.887. The Labute approximate surface area is 144 Å². The van der Waals surface area contributed by atoms with E-state index in [1.807, 2.05) is 30.3 Å². The molecule has 2 amide bonds. The zero-order chi connectivity index (χ0) is 17.8. The van der Waals surface area contributed by atoms with E-state index in [-0.39, 0.29) is 17.8 Å². The fourth-order valence-corrected chi connectivity index (χ4v) is 2.88. The van der Waals surface area contributed by atoms with Crippen LogP contribution < -0.4 is 10.9 Å². The lowest BCUT2D eigenvalue weighted by Crippen LogP contribution is -2.36. The number of aromatic nitrogens is 1. The van der Waals surface area contributed by atoms with Gasteiger partial charge >= 0.3 is 12.0 Å². The second kappa shape index (κ2) is 7.21. The molecule has 1 saturated heterocycles. The van der Waals surface area contributed by atoms with Crippen molar-refractivity contribution in [2.75, 3.05) is 18.4 Å². The molecule has 0 saturated carbocycles. The summed E-state index contributed by atoms with van der Waals surface area (Å²) in [7, 11) is 0. The molecular formula is C18H19N3O4. The highest BCUT2D eigenvalue weighted by Crippen LogP contribution is 2.17. The number of carbonyl (C=O) groups is 2. The van der Waals surface area contributed by atoms with Crippen LogP contribution in [0.3, 0.4) is 0 Å². The number of aliphatic carboxylic acids is 1. The van der Waals surface area contributed by atoms with E-state index in [2.05, 4.69) is 5.32 Å². The number of pyridine rings is 1. The predicted molar refractivity (Wildman–Crippen MR) is 92.6 cm³/mol. The maximum absolute atomic E-state index is 12.5. The number of amides is 2. The molecule has 1 unspecified atom stereocenters. The van der Waals surface area contributed by atoms with Crippen molar-refractivity contribution >= 4 is 17.7 Å². The minimum atomic E-state index is -0.903. The highest BCUT2D eigenvalue weighted by atomic mass is 16.4. The monoisotopic (exact) mass is 341 g/mol. The SMILES string of the molecule is O=C(O)C1CCN(C(=O)Nc2cccn(Cc3ccccc3)c2=O)C1. The lowest BCUT2D eigenvalue weighted by Gasteiger charge is -2.17. The number of nitrogens with zero attached hydrogens (tertiary/aromatic N) is 2. The van der Waals surface area contributed by atoms with Crippen molar-refractivity contribution in [1.29, 1.82) is 0 Å². The molecule has 1 fully saturated rings. The first-order valence-corrected chi connectivity index (χ1v) is 8.06. The maximum atomic E-state index is 12.5. The fourth-order valence-electron chi connectivity index (χ4n) is 2.88. The smallest absolute Gasteiger partial charge is 0.322 e. The molecular weight excluding hydrogens is 322 g/mol. The van der Waals surface area contributed by atoms with Gasteiger partial charge in [-0.1, -0.05) is 30.3 Å². The number of hydrogen-bond acceptors (Lipinski definition) is 3. The van der Waals surface area contributed by atoms with Crippen LogP contribution in [0, 0.1) is 5.92 Å². The summed E-state index contributed by atoms with van der Waals surface area (Å²) in [5.41, 5.74) is 0.868. The zero-order valence-electron chi connectivity index (χ0n) is 13.6. The van der Waals surface area contributed by atoms with Crippen molar-refractivity contribution in [3.63, 3.8) is 0 Å². The first kappa shape index (κ1) is 16.8. The van der Waals surface area contributed by atoms with Gasteiger partial charge in [-0.15, -0.1) is 0 Å². The molecule has 130 valence electrons. The summed E-state index contributed by atoms with van der Waals surface area (Å²) in [5.74, 6) is -1.45. The summed E-state index contributed by atoms with van der Waals surface area (Å²) < 4.78 is 1.52. The number of carboxylic acid groups (broad SMARTS) is 1. The number of rotatable bonds is 4. The molecule has 0 radical (unpaired) electrons. The van der Waals surface area contributed by atoms with Crippen molar-refractivity contribution in [2.45, 2.75) is 13.0 Å². The van der Waals surface area contributed by atoms with E-state index < -0.39 is 17.9 Å². The molecule has 7 nitrogen and oxygen atoms in total. The highest BCUT2D eigenvalue weighted by molar-refractivity contribution is 5.89. The van der Waals surface area contributed by atoms with Gasteiger partial charge < -0.3 is 19.9 Å². The molecule has 25 heavy (non-hydrogen) atoms. The minimum Gasteiger partial charge on any atom is -0.481 e. The van der Waals surface area contributed by atoms with E-state index in [1.54, 1.807) is 18.3 Å². The Morgan fingerprint density at radius 2 is 1.92 bits per heavy atom. The lowest BCUT2D eigenvalue weighted by molar-refractivity contribution is -0.141. The van der Waals surface area contributed by atoms with Crippen molar-refractivity contribution in [3.8, 4) is 0 Å². The Morgan fingerprint density at radius 3 is 2.60 bits per heavy atom. The third-order valence-corrected chi connectivity index (χ3v) is 4.28. The Bertz CT molecular complexity index is 832. The summed E-state index contributed by atoms with van der Waals surface area (Å²) in [6.45, 7) is 0.939. The van der Waals surface area contributed by atoms with Crippen LogP contribution >= 0.6 is 0 Å². The van der Waals surface area contributed by atoms with Gasteiger partial charge in [-0.2, -0.15) is 0 Å². The summed E-state index contributed by atoms with van der Waals surface area (Å²) in [6, 6.07) is 12.4. The minimum absolute atomic E-state index is 0.159. The van der Waals surface area contributed by atoms with Crippen LogP contribution in [0.4, 0.5) is 10.5 Å². The standard InChI is InChI=1S/C18H19N3O4/c22-16-15(19-18(25)21-10-8-14(12-21)17(23)24)7-4-9-20(16)11-13-5-2-1-3-6-13/h1-7,9,14H,8,10-12H2,(H,19,25)(H,23,24). The normalized spacial score (nSPS) is 16.6. The zero-order valence-corrected chi connectivity index (χ0v) is 13.6. The first-order valence-electron chi connectivity index (χ1n) is 8.06. The van der Waals surface area contributed by atoms with Gasteiger partial charge in [0.1, 0.15) is 5.69 Å². The molecule has 3 rings (SSSR count). The van der Waals surface area contributed by atoms with Gasteiger partial charge in [-0.3, -0.25) is 9.59 Å². The molecule has 7 heteroatoms. The Kier molecular flexibility index (Phi) is 4.83. The van der Waals surface area contributed by atoms with E-state index in [9.17, 15) is 14.4 Å². The van der Waals surface area contributed by atoms with Crippen molar-refractivity contribution in [1.82, 2.24) is 9.47 Å². The van der Waals surface area contributed by atoms with Crippen LogP contribution in [0.1, 0.15) is 12.0 Å². The van der Waals surface area contributed by atoms with Gasteiger partial charge in [0.05, 0.1) is 12.5 Å². The molecule has 1 aliphatic rings. The summed E-state index contributed by atoms with van der Waals surface area (Å²) >= 11 is 0. The van der Waals surface area contributed by atoms with E-state index in [4.69, 9.17) is 5.11 Å². The van der Waals surface area contributed by atoms with Gasteiger partial charge in [-0.05, 0) is 24.1 Å². The molecule has 2 heterocycles. The Morgan fingerprint density at radius 1 is 1.16 bits per heavy atom. The number of nitrogens with one attached hydrogen (secondary N) is 1. The third-order valence-electron chi connectivity index (χ3n) is 4.28. The molecule has 1 aliphatic heterocycles. The molecule has 1 aromatic heterocycles. The molecule has 0 bridgehead atoms. The average molecular weight is 341 g/mol. The number of carbonyl (C=O) groups excluding carboxylic acids is 1. The van der Waals surface area contributed by atoms with E-state index in [0.717, 1.165) is 5.56 Å². The third kappa shape index (κ3) is 3.88. The van der Waals surface area contributed by atoms with E-state index >= 15 is 0 Å². The summed E-state index contributed by atoms with van der Waals surface area (Å²) in [4.78, 5) is 37.2. The molecule has 1 aromatic carbocycles. The van der Waals surface area contributed by atoms with Crippen LogP contribution in [0.2, 0.25) is 0 Å². The second-order valence-corrected chi connectivity index (χ2v) is 6.04. The topological polar surface area (TPSA) is 91.6 Å². The largest absolute Gasteiger partial charge is 0.481 e. The van der Waals surface area contributed by atoms with Crippen molar-refractivity contribution < 1.29 is 14.7 Å². The van der Waals surface area contributed by atoms with Gasteiger partial charge in [0, 0.05) is 19.3 Å². The molecule has 0 spiro atoms. The molecule has 0 aliphatic carbocycles. The summed E-state index contributed by atoms with van der Waals surface area (Å²) in [5, 5.41) is 11.6. The van der Waals surface area contributed by atoms with Gasteiger partial charge in [0.15, 0.2) is 0 Å². The van der Waals surface area contributed by atoms with Crippen molar-refractivity contribution in [3.05, 3.63) is 64.6 Å². The lowest BCUT2D eigenvalue weighted by atomic mass is 10.1. The number of hydrogen-bond donors (Lipinski definition) is 2. The van der Waals surface area contributed by atoms with Crippen LogP contribution in [-0.2, 0) is 11.3 Å².